The summed E-state index contributed by atoms with van der Waals surface area (Å²) in [6.07, 6.45) is 28.9. The normalized spacial score (nSPS) is 12.7. The number of aryl methyl sites for hydroxylation is 10. The van der Waals surface area contributed by atoms with Gasteiger partial charge in [-0.15, -0.1) is 140 Å². The van der Waals surface area contributed by atoms with Gasteiger partial charge in [0.25, 0.3) is 0 Å². The van der Waals surface area contributed by atoms with Crippen molar-refractivity contribution in [3.63, 3.8) is 0 Å². The number of nitrogens with zero attached hydrogens (tertiary/aromatic N) is 4. The monoisotopic (exact) mass is 2730 g/mol. The maximum absolute atomic E-state index is 12.1. The number of aliphatic hydroxyl groups is 4. The Morgan fingerprint density at radius 2 is 0.693 bits per heavy atom. The van der Waals surface area contributed by atoms with Crippen molar-refractivity contribution in [3.8, 4) is 56.2 Å². The molecule has 0 atom stereocenters. The molecule has 12 nitrogen and oxygen atoms in total. The van der Waals surface area contributed by atoms with Gasteiger partial charge in [0.2, 0.25) is 0 Å². The number of allylic oxidation sites excluding steroid dienone is 8. The maximum Gasteiger partial charge on any atom is 0.164 e. The van der Waals surface area contributed by atoms with Crippen LogP contribution in [0.5, 0.6) is 0 Å². The van der Waals surface area contributed by atoms with E-state index in [1.54, 1.807) is 6.92 Å². The molecule has 15 rings (SSSR count). The Morgan fingerprint density at radius 1 is 0.340 bits per heavy atom. The second-order valence-electron chi connectivity index (χ2n) is 40.3. The van der Waals surface area contributed by atoms with Crippen molar-refractivity contribution in [2.24, 2.45) is 35.5 Å². The molecule has 0 amide bonds. The van der Waals surface area contributed by atoms with E-state index in [0.717, 1.165) is 174 Å². The molecule has 0 bridgehead atoms. The number of rotatable bonds is 31. The Hall–Kier alpha value is -9.94. The van der Waals surface area contributed by atoms with Crippen LogP contribution in [0.25, 0.3) is 99.8 Å². The van der Waals surface area contributed by atoms with Gasteiger partial charge in [0, 0.05) is 156 Å². The summed E-state index contributed by atoms with van der Waals surface area (Å²) >= 11 is 0. The number of pyridine rings is 4. The van der Waals surface area contributed by atoms with Gasteiger partial charge in [-0.1, -0.05) is 311 Å². The average molecular weight is 2730 g/mol. The smallest absolute Gasteiger partial charge is 0.164 e. The van der Waals surface area contributed by atoms with Crippen LogP contribution in [0.1, 0.15) is 331 Å². The van der Waals surface area contributed by atoms with E-state index in [-0.39, 0.29) is 156 Å². The number of carbonyl (C=O) groups is 4. The summed E-state index contributed by atoms with van der Waals surface area (Å²) in [7, 11) is 0. The summed E-state index contributed by atoms with van der Waals surface area (Å²) in [6, 6.07) is 83.1. The molecule has 9 aromatic carbocycles. The van der Waals surface area contributed by atoms with Crippen LogP contribution in [-0.2, 0) is 106 Å². The van der Waals surface area contributed by atoms with Crippen molar-refractivity contribution >= 4 is 66.7 Å². The van der Waals surface area contributed by atoms with Crippen LogP contribution in [0.3, 0.4) is 0 Å². The van der Waals surface area contributed by atoms with E-state index in [0.29, 0.717) is 17.3 Å². The van der Waals surface area contributed by atoms with E-state index in [2.05, 4.69) is 288 Å². The second kappa shape index (κ2) is 68.3. The zero-order valence-corrected chi connectivity index (χ0v) is 104. The fourth-order valence-electron chi connectivity index (χ4n) is 20.1. The number of hydrogen-bond donors (Lipinski definition) is 4. The fraction of sp³-hybridized carbons (Fsp3) is 0.418. The molecule has 0 spiro atoms. The van der Waals surface area contributed by atoms with Gasteiger partial charge in [-0.3, -0.25) is 39.1 Å². The minimum Gasteiger partial charge on any atom is -0.512 e. The number of benzene rings is 9. The predicted molar refractivity (Wildman–Crippen MR) is 616 cm³/mol. The van der Waals surface area contributed by atoms with Crippen LogP contribution in [0, 0.1) is 122 Å². The van der Waals surface area contributed by atoms with Crippen LogP contribution >= 0.6 is 0 Å². The zero-order chi connectivity index (χ0) is 107. The largest absolute Gasteiger partial charge is 0.512 e. The van der Waals surface area contributed by atoms with Gasteiger partial charge >= 0.3 is 0 Å². The van der Waals surface area contributed by atoms with E-state index in [9.17, 15) is 34.5 Å². The molecule has 4 aromatic heterocycles. The number of aliphatic hydroxyl groups excluding tert-OH is 4. The molecule has 4 N–H and O–H groups in total. The number of carbonyl (C=O) groups excluding carboxylic acids is 4. The van der Waals surface area contributed by atoms with Gasteiger partial charge in [0.15, 0.2) is 23.1 Å². The van der Waals surface area contributed by atoms with E-state index in [1.165, 1.54) is 178 Å². The van der Waals surface area contributed by atoms with Crippen molar-refractivity contribution in [2.75, 3.05) is 0 Å². The average Bonchev–Trinajstić information content (AvgIpc) is 0.836. The number of ketones is 4. The van der Waals surface area contributed by atoms with Crippen LogP contribution in [0.2, 0.25) is 0 Å². The minimum absolute atomic E-state index is 0. The Bertz CT molecular complexity index is 6420. The molecular formula is C134H168Ir4N4O8-4. The Balaban J connectivity index is 0.000000362. The summed E-state index contributed by atoms with van der Waals surface area (Å²) in [6.45, 7) is 50.0. The number of hydrogen-bond acceptors (Lipinski definition) is 12. The second-order valence-corrected chi connectivity index (χ2v) is 40.3. The number of Topliss-reactive ketones (excluding diaryl/α,β-unsaturated/α-hetero) is 1. The van der Waals surface area contributed by atoms with Crippen molar-refractivity contribution in [1.29, 1.82) is 0 Å². The van der Waals surface area contributed by atoms with Gasteiger partial charge in [-0.25, -0.2) is 0 Å². The quantitative estimate of drug-likeness (QED) is 0.0182. The van der Waals surface area contributed by atoms with Crippen molar-refractivity contribution in [2.45, 2.75) is 333 Å². The van der Waals surface area contributed by atoms with Gasteiger partial charge in [-0.2, -0.15) is 0 Å². The first-order chi connectivity index (χ1) is 70.0. The molecule has 2 fully saturated rings. The third kappa shape index (κ3) is 40.5. The Labute approximate surface area is 954 Å². The zero-order valence-electron chi connectivity index (χ0n) is 94.1. The van der Waals surface area contributed by atoms with E-state index in [1.807, 2.05) is 83.1 Å². The van der Waals surface area contributed by atoms with Crippen molar-refractivity contribution in [1.82, 2.24) is 19.9 Å². The third-order valence-corrected chi connectivity index (χ3v) is 28.5. The summed E-state index contributed by atoms with van der Waals surface area (Å²) in [5.41, 5.74) is 31.0. The van der Waals surface area contributed by atoms with Gasteiger partial charge < -0.3 is 20.4 Å². The summed E-state index contributed by atoms with van der Waals surface area (Å²) in [5, 5.41) is 42.9. The standard InChI is InChI=1S/C24H20N.C23H24N.C22H22N.C20H20N.C14H26O2.2C13H24O2.C5H8O2.4Ir/c1-16-7-9-19(10-8-16)21-5-4-6-24-22(21)11-12-23(25-24)20-14-17(2)13-18(3)15-20;1-16-13-17(2)15-19(14-16)22-12-11-21-20(9-6-10-23(21)24-22)18-7-4-3-5-8-18;1-15-11-16(2)13-20(12-15)21-10-9-18-7-8-19(14-22(18)23-21)17-5-3-4-6-17;1-4-6-16-7-5-8-20-18(16)9-10-19(21-20)17-12-14(2)11-15(3)13-17;1-6-11(7-2)13(15)10(5)14(16)12(8-3)9-4;2*1-5-10(6-2)12(14)9-13(15)11(7-3)8-4;1-4(6)3-5(2)7;;;;/h4-14H,1-3H3;6,9-14,18H,3-5,7-8H2,1-2H3;7-12,14,17H,3-6H2,1-2H3;5,7-12H,4,6H2,1-3H3;11-12,15H,6-9H2,1-5H3;2*9-11,14H,5-8H2,1-4H3;3,6H,1-2H3;;;;/q4*-1;;;;;;;;. The van der Waals surface area contributed by atoms with Gasteiger partial charge in [-0.05, 0) is 229 Å². The Morgan fingerprint density at radius 3 is 1.08 bits per heavy atom. The number of fused-ring (bicyclic) bond motifs is 4. The SMILES string of the molecule is CC(=O)C=C(C)O.CCC(CC)C(=O)C(C)=C(O)C(CC)CC.CCC(CC)C(=O)C=C(O)C(CC)CC.CCC(CC)C(=O)C=C(O)C(CC)CC.CCCc1cccc2nc(-c3[c-]c(C)cc(C)c3)ccc12.Cc1[c-]c(-c2ccc3c(-c4ccc(C)cc4)cccc3n2)cc(C)c1.Cc1[c-]c(-c2ccc3c(C4CCCCC4)cccc3n2)cc(C)c1.Cc1[c-]c(-c2ccc3ccc(C4CCCC4)cc3n2)cc(C)c1.[Ir].[Ir].[Ir].[Ir]. The van der Waals surface area contributed by atoms with Crippen LogP contribution in [0.15, 0.2) is 241 Å². The van der Waals surface area contributed by atoms with Crippen molar-refractivity contribution < 1.29 is 120 Å². The van der Waals surface area contributed by atoms with Gasteiger partial charge in [0.1, 0.15) is 5.76 Å². The predicted octanol–water partition coefficient (Wildman–Crippen LogP) is 36.9. The minimum atomic E-state index is -0.125. The first-order valence-corrected chi connectivity index (χ1v) is 54.4. The molecule has 150 heavy (non-hydrogen) atoms. The van der Waals surface area contributed by atoms with Crippen molar-refractivity contribution in [3.05, 3.63) is 332 Å². The molecule has 2 aliphatic carbocycles. The molecule has 13 aromatic rings. The fourth-order valence-corrected chi connectivity index (χ4v) is 20.1. The molecular weight excluding hydrogens is 2560 g/mol. The molecule has 16 heteroatoms. The molecule has 0 aliphatic heterocycles. The van der Waals surface area contributed by atoms with Gasteiger partial charge in [0.05, 0.1) is 39.3 Å². The Kier molecular flexibility index (Phi) is 60.2. The molecule has 2 saturated carbocycles. The van der Waals surface area contributed by atoms with Crippen LogP contribution in [-0.4, -0.2) is 63.5 Å². The van der Waals surface area contributed by atoms with E-state index < -0.39 is 0 Å². The summed E-state index contributed by atoms with van der Waals surface area (Å²) in [4.78, 5) is 65.1. The molecule has 4 radical (unpaired) electrons. The first kappa shape index (κ1) is 132. The molecule has 2 aliphatic rings. The molecule has 4 heterocycles. The molecule has 812 valence electrons. The summed E-state index contributed by atoms with van der Waals surface area (Å²) < 4.78 is 0. The van der Waals surface area contributed by atoms with E-state index >= 15 is 0 Å². The molecule has 0 unspecified atom stereocenters. The third-order valence-electron chi connectivity index (χ3n) is 28.5. The maximum atomic E-state index is 12.1. The summed E-state index contributed by atoms with van der Waals surface area (Å²) in [5.74, 6) is 3.11. The molecule has 0 saturated heterocycles. The van der Waals surface area contributed by atoms with Crippen LogP contribution < -0.4 is 0 Å². The first-order valence-electron chi connectivity index (χ1n) is 54.4. The van der Waals surface area contributed by atoms with Crippen LogP contribution in [0.4, 0.5) is 0 Å². The van der Waals surface area contributed by atoms with E-state index in [4.69, 9.17) is 25.0 Å². The topological polar surface area (TPSA) is 201 Å². The number of aromatic nitrogens is 4.